The van der Waals surface area contributed by atoms with Gasteiger partial charge in [0.05, 0.1) is 0 Å². The molecule has 3 rings (SSSR count). The second-order valence-corrected chi connectivity index (χ2v) is 5.93. The first kappa shape index (κ1) is 9.97. The molecule has 3 fully saturated rings. The lowest BCUT2D eigenvalue weighted by molar-refractivity contribution is -0.00329. The Hall–Kier alpha value is 0.440. The highest BCUT2D eigenvalue weighted by Crippen LogP contribution is 2.43. The standard InChI is InChI=1S/C11H20BrN/c1-11(2,8-12)10-7-13-5-3-9(10)4-6-13/h9-10H,3-8H2,1-2H3. The summed E-state index contributed by atoms with van der Waals surface area (Å²) in [5.41, 5.74) is 0.490. The average Bonchev–Trinajstić information content (AvgIpc) is 2.19. The average molecular weight is 246 g/mol. The molecule has 0 saturated carbocycles. The van der Waals surface area contributed by atoms with Crippen molar-refractivity contribution in [2.45, 2.75) is 26.7 Å². The smallest absolute Gasteiger partial charge is 0.00859 e. The largest absolute Gasteiger partial charge is 0.303 e. The van der Waals surface area contributed by atoms with Crippen LogP contribution < -0.4 is 0 Å². The molecule has 0 aromatic rings. The molecular weight excluding hydrogens is 226 g/mol. The Bertz CT molecular complexity index is 183. The van der Waals surface area contributed by atoms with Crippen molar-refractivity contribution in [3.05, 3.63) is 0 Å². The number of alkyl halides is 1. The van der Waals surface area contributed by atoms with Crippen LogP contribution in [0.25, 0.3) is 0 Å². The van der Waals surface area contributed by atoms with E-state index in [0.29, 0.717) is 5.41 Å². The van der Waals surface area contributed by atoms with Gasteiger partial charge in [0.15, 0.2) is 0 Å². The first-order valence-electron chi connectivity index (χ1n) is 5.42. The Kier molecular flexibility index (Phi) is 2.72. The maximum absolute atomic E-state index is 3.66. The van der Waals surface area contributed by atoms with E-state index in [1.54, 1.807) is 0 Å². The maximum atomic E-state index is 3.66. The minimum absolute atomic E-state index is 0.490. The number of hydrogen-bond donors (Lipinski definition) is 0. The molecule has 2 heteroatoms. The predicted octanol–water partition coefficient (Wildman–Crippen LogP) is 2.75. The van der Waals surface area contributed by atoms with Crippen LogP contribution in [0.15, 0.2) is 0 Å². The third-order valence-corrected chi connectivity index (χ3v) is 5.45. The maximum Gasteiger partial charge on any atom is 0.00859 e. The highest BCUT2D eigenvalue weighted by molar-refractivity contribution is 9.09. The van der Waals surface area contributed by atoms with E-state index in [2.05, 4.69) is 34.7 Å². The van der Waals surface area contributed by atoms with Crippen LogP contribution in [0.4, 0.5) is 0 Å². The topological polar surface area (TPSA) is 3.24 Å². The number of piperidine rings is 3. The van der Waals surface area contributed by atoms with Gasteiger partial charge in [-0.2, -0.15) is 0 Å². The highest BCUT2D eigenvalue weighted by Gasteiger charge is 2.41. The van der Waals surface area contributed by atoms with E-state index in [4.69, 9.17) is 0 Å². The zero-order valence-corrected chi connectivity index (χ0v) is 10.3. The van der Waals surface area contributed by atoms with E-state index in [1.807, 2.05) is 0 Å². The lowest BCUT2D eigenvalue weighted by Crippen LogP contribution is -2.52. The first-order valence-corrected chi connectivity index (χ1v) is 6.54. The summed E-state index contributed by atoms with van der Waals surface area (Å²) in [6.45, 7) is 8.89. The number of fused-ring (bicyclic) bond motifs is 3. The fourth-order valence-electron chi connectivity index (χ4n) is 2.95. The summed E-state index contributed by atoms with van der Waals surface area (Å²) in [7, 11) is 0. The van der Waals surface area contributed by atoms with Crippen molar-refractivity contribution in [2.24, 2.45) is 17.3 Å². The van der Waals surface area contributed by atoms with Crippen LogP contribution in [0.3, 0.4) is 0 Å². The second kappa shape index (κ2) is 3.54. The molecule has 2 bridgehead atoms. The quantitative estimate of drug-likeness (QED) is 0.677. The zero-order chi connectivity index (χ0) is 9.47. The molecule has 1 atom stereocenters. The first-order chi connectivity index (χ1) is 6.13. The van der Waals surface area contributed by atoms with Crippen molar-refractivity contribution in [2.75, 3.05) is 25.0 Å². The molecule has 0 aromatic carbocycles. The molecule has 3 heterocycles. The highest BCUT2D eigenvalue weighted by atomic mass is 79.9. The molecule has 0 spiro atoms. The Balaban J connectivity index is 2.08. The van der Waals surface area contributed by atoms with Gasteiger partial charge in [-0.1, -0.05) is 29.8 Å². The van der Waals surface area contributed by atoms with Crippen molar-refractivity contribution in [3.63, 3.8) is 0 Å². The summed E-state index contributed by atoms with van der Waals surface area (Å²) < 4.78 is 0. The van der Waals surface area contributed by atoms with E-state index >= 15 is 0 Å². The SMILES string of the molecule is CC(C)(CBr)C1CN2CCC1CC2. The van der Waals surface area contributed by atoms with E-state index in [-0.39, 0.29) is 0 Å². The molecule has 3 aliphatic rings. The summed E-state index contributed by atoms with van der Waals surface area (Å²) in [5.74, 6) is 1.94. The molecule has 0 aromatic heterocycles. The monoisotopic (exact) mass is 245 g/mol. The Morgan fingerprint density at radius 3 is 2.31 bits per heavy atom. The van der Waals surface area contributed by atoms with Crippen LogP contribution >= 0.6 is 15.9 Å². The summed E-state index contributed by atoms with van der Waals surface area (Å²) >= 11 is 3.66. The van der Waals surface area contributed by atoms with Crippen molar-refractivity contribution >= 4 is 15.9 Å². The Morgan fingerprint density at radius 2 is 1.92 bits per heavy atom. The number of nitrogens with zero attached hydrogens (tertiary/aromatic N) is 1. The van der Waals surface area contributed by atoms with Crippen LogP contribution in [0, 0.1) is 17.3 Å². The van der Waals surface area contributed by atoms with E-state index in [9.17, 15) is 0 Å². The minimum atomic E-state index is 0.490. The van der Waals surface area contributed by atoms with Crippen LogP contribution in [0.5, 0.6) is 0 Å². The second-order valence-electron chi connectivity index (χ2n) is 5.37. The fraction of sp³-hybridized carbons (Fsp3) is 1.00. The number of halogens is 1. The van der Waals surface area contributed by atoms with Crippen molar-refractivity contribution < 1.29 is 0 Å². The molecule has 0 radical (unpaired) electrons. The molecule has 76 valence electrons. The molecule has 13 heavy (non-hydrogen) atoms. The summed E-state index contributed by atoms with van der Waals surface area (Å²) in [4.78, 5) is 2.65. The van der Waals surface area contributed by atoms with Crippen LogP contribution in [-0.4, -0.2) is 29.9 Å². The van der Waals surface area contributed by atoms with Gasteiger partial charge in [0, 0.05) is 11.9 Å². The number of hydrogen-bond acceptors (Lipinski definition) is 1. The van der Waals surface area contributed by atoms with Gasteiger partial charge in [0.25, 0.3) is 0 Å². The van der Waals surface area contributed by atoms with Gasteiger partial charge in [-0.05, 0) is 43.2 Å². The molecule has 1 unspecified atom stereocenters. The summed E-state index contributed by atoms with van der Waals surface area (Å²) in [6.07, 6.45) is 2.89. The van der Waals surface area contributed by atoms with Gasteiger partial charge in [0.2, 0.25) is 0 Å². The third-order valence-electron chi connectivity index (χ3n) is 4.00. The lowest BCUT2D eigenvalue weighted by Gasteiger charge is -2.50. The van der Waals surface area contributed by atoms with E-state index in [1.165, 1.54) is 32.5 Å². The van der Waals surface area contributed by atoms with Gasteiger partial charge in [-0.15, -0.1) is 0 Å². The molecular formula is C11H20BrN. The van der Waals surface area contributed by atoms with Gasteiger partial charge >= 0.3 is 0 Å². The molecule has 3 saturated heterocycles. The lowest BCUT2D eigenvalue weighted by atomic mass is 9.67. The minimum Gasteiger partial charge on any atom is -0.303 e. The molecule has 0 N–H and O–H groups in total. The van der Waals surface area contributed by atoms with Crippen LogP contribution in [0.2, 0.25) is 0 Å². The van der Waals surface area contributed by atoms with E-state index < -0.39 is 0 Å². The van der Waals surface area contributed by atoms with Gasteiger partial charge in [0.1, 0.15) is 0 Å². The zero-order valence-electron chi connectivity index (χ0n) is 8.72. The van der Waals surface area contributed by atoms with Crippen molar-refractivity contribution in [3.8, 4) is 0 Å². The predicted molar refractivity (Wildman–Crippen MR) is 60.2 cm³/mol. The fourth-order valence-corrected chi connectivity index (χ4v) is 3.37. The summed E-state index contributed by atoms with van der Waals surface area (Å²) in [5, 5.41) is 1.15. The normalized spacial score (nSPS) is 39.5. The van der Waals surface area contributed by atoms with E-state index in [0.717, 1.165) is 17.2 Å². The van der Waals surface area contributed by atoms with Gasteiger partial charge < -0.3 is 4.90 Å². The van der Waals surface area contributed by atoms with Crippen molar-refractivity contribution in [1.82, 2.24) is 4.90 Å². The molecule has 0 amide bonds. The van der Waals surface area contributed by atoms with Crippen LogP contribution in [-0.2, 0) is 0 Å². The van der Waals surface area contributed by atoms with Crippen LogP contribution in [0.1, 0.15) is 26.7 Å². The molecule has 3 aliphatic heterocycles. The van der Waals surface area contributed by atoms with Crippen molar-refractivity contribution in [1.29, 1.82) is 0 Å². The summed E-state index contributed by atoms with van der Waals surface area (Å²) in [6, 6.07) is 0. The molecule has 0 aliphatic carbocycles. The van der Waals surface area contributed by atoms with Gasteiger partial charge in [-0.25, -0.2) is 0 Å². The number of rotatable bonds is 2. The van der Waals surface area contributed by atoms with Gasteiger partial charge in [-0.3, -0.25) is 0 Å². The molecule has 1 nitrogen and oxygen atoms in total. The Morgan fingerprint density at radius 1 is 1.31 bits per heavy atom. The third kappa shape index (κ3) is 1.80. The Labute approximate surface area is 90.0 Å².